The van der Waals surface area contributed by atoms with Gasteiger partial charge in [-0.3, -0.25) is 4.99 Å². The van der Waals surface area contributed by atoms with Crippen molar-refractivity contribution in [3.8, 4) is 11.5 Å². The van der Waals surface area contributed by atoms with Gasteiger partial charge in [-0.1, -0.05) is 18.2 Å². The van der Waals surface area contributed by atoms with E-state index in [1.165, 1.54) is 7.11 Å². The van der Waals surface area contributed by atoms with Crippen molar-refractivity contribution in [3.63, 3.8) is 0 Å². The Morgan fingerprint density at radius 2 is 1.97 bits per heavy atom. The molecule has 31 heavy (non-hydrogen) atoms. The molecule has 0 amide bonds. The van der Waals surface area contributed by atoms with E-state index >= 15 is 0 Å². The zero-order valence-electron chi connectivity index (χ0n) is 17.9. The summed E-state index contributed by atoms with van der Waals surface area (Å²) in [4.78, 5) is 6.51. The molecular formula is C21H28N4O5S. The number of sulfonamides is 1. The van der Waals surface area contributed by atoms with Gasteiger partial charge in [-0.05, 0) is 35.4 Å². The number of hydrogen-bond acceptors (Lipinski definition) is 6. The zero-order chi connectivity index (χ0) is 22.3. The van der Waals surface area contributed by atoms with E-state index in [2.05, 4.69) is 15.0 Å². The van der Waals surface area contributed by atoms with Crippen molar-refractivity contribution in [1.29, 1.82) is 0 Å². The summed E-state index contributed by atoms with van der Waals surface area (Å²) in [7, 11) is 1.58. The molecule has 2 aromatic carbocycles. The number of hydrogen-bond donors (Lipinski definition) is 2. The first-order valence-electron chi connectivity index (χ1n) is 9.81. The molecule has 0 saturated heterocycles. The maximum absolute atomic E-state index is 12.4. The third-order valence-electron chi connectivity index (χ3n) is 4.69. The lowest BCUT2D eigenvalue weighted by atomic mass is 10.2. The average Bonchev–Trinajstić information content (AvgIpc) is 3.22. The van der Waals surface area contributed by atoms with Crippen molar-refractivity contribution >= 4 is 16.0 Å². The molecule has 0 aromatic heterocycles. The fourth-order valence-corrected chi connectivity index (χ4v) is 4.22. The van der Waals surface area contributed by atoms with E-state index < -0.39 is 10.0 Å². The molecule has 0 saturated carbocycles. The van der Waals surface area contributed by atoms with Crippen LogP contribution < -0.4 is 19.5 Å². The Bertz CT molecular complexity index is 1030. The van der Waals surface area contributed by atoms with Crippen LogP contribution in [0.3, 0.4) is 0 Å². The van der Waals surface area contributed by atoms with Gasteiger partial charge in [0.1, 0.15) is 0 Å². The van der Waals surface area contributed by atoms with Crippen molar-refractivity contribution < 1.29 is 22.6 Å². The standard InChI is InChI=1S/C21H28N4O5S/c1-22-21(25(2)14-17-7-8-19-20(12-17)30-15-29-19)23-13-16-5-4-6-18(11-16)31(26,27)24-9-10-28-3/h4-8,11-12,24H,9-10,13-15H2,1-3H3,(H,22,23). The Hall–Kier alpha value is -2.82. The van der Waals surface area contributed by atoms with Crippen LogP contribution in [-0.2, 0) is 27.8 Å². The number of guanidine groups is 1. The van der Waals surface area contributed by atoms with Crippen LogP contribution in [0.15, 0.2) is 52.4 Å². The first kappa shape index (κ1) is 22.9. The molecule has 2 N–H and O–H groups in total. The number of benzene rings is 2. The molecule has 0 aliphatic carbocycles. The molecule has 10 heteroatoms. The van der Waals surface area contributed by atoms with Gasteiger partial charge in [-0.15, -0.1) is 0 Å². The second-order valence-corrected chi connectivity index (χ2v) is 8.75. The fourth-order valence-electron chi connectivity index (χ4n) is 3.14. The van der Waals surface area contributed by atoms with Gasteiger partial charge in [0.25, 0.3) is 0 Å². The van der Waals surface area contributed by atoms with Gasteiger partial charge in [0.15, 0.2) is 17.5 Å². The summed E-state index contributed by atoms with van der Waals surface area (Å²) in [6.45, 7) is 1.83. The number of aliphatic imine (C=N–C) groups is 1. The Labute approximate surface area is 183 Å². The molecule has 0 spiro atoms. The van der Waals surface area contributed by atoms with Crippen molar-refractivity contribution in [3.05, 3.63) is 53.6 Å². The lowest BCUT2D eigenvalue weighted by Gasteiger charge is -2.22. The van der Waals surface area contributed by atoms with Crippen LogP contribution in [0.1, 0.15) is 11.1 Å². The smallest absolute Gasteiger partial charge is 0.240 e. The summed E-state index contributed by atoms with van der Waals surface area (Å²) in [6.07, 6.45) is 0. The summed E-state index contributed by atoms with van der Waals surface area (Å²) in [6, 6.07) is 12.6. The molecule has 1 aliphatic rings. The second kappa shape index (κ2) is 10.5. The van der Waals surface area contributed by atoms with Crippen LogP contribution in [0, 0.1) is 0 Å². The number of rotatable bonds is 9. The predicted molar refractivity (Wildman–Crippen MR) is 118 cm³/mol. The van der Waals surface area contributed by atoms with Crippen molar-refractivity contribution in [2.24, 2.45) is 4.99 Å². The average molecular weight is 449 g/mol. The maximum atomic E-state index is 12.4. The highest BCUT2D eigenvalue weighted by Gasteiger charge is 2.16. The number of methoxy groups -OCH3 is 1. The summed E-state index contributed by atoms with van der Waals surface area (Å²) >= 11 is 0. The minimum atomic E-state index is -3.58. The Morgan fingerprint density at radius 3 is 2.74 bits per heavy atom. The molecule has 0 unspecified atom stereocenters. The Balaban J connectivity index is 1.60. The monoisotopic (exact) mass is 448 g/mol. The highest BCUT2D eigenvalue weighted by Crippen LogP contribution is 2.32. The summed E-state index contributed by atoms with van der Waals surface area (Å²) in [5.41, 5.74) is 1.89. The van der Waals surface area contributed by atoms with E-state index in [4.69, 9.17) is 14.2 Å². The molecular weight excluding hydrogens is 420 g/mol. The molecule has 168 valence electrons. The highest BCUT2D eigenvalue weighted by atomic mass is 32.2. The van der Waals surface area contributed by atoms with Gasteiger partial charge in [0.05, 0.1) is 11.5 Å². The summed E-state index contributed by atoms with van der Waals surface area (Å²) in [5.74, 6) is 2.18. The van der Waals surface area contributed by atoms with Gasteiger partial charge in [0.2, 0.25) is 16.8 Å². The third kappa shape index (κ3) is 6.09. The lowest BCUT2D eigenvalue weighted by molar-refractivity contribution is 0.174. The van der Waals surface area contributed by atoms with Crippen LogP contribution in [0.4, 0.5) is 0 Å². The molecule has 0 bridgehead atoms. The number of nitrogens with one attached hydrogen (secondary N) is 2. The Morgan fingerprint density at radius 1 is 1.16 bits per heavy atom. The zero-order valence-corrected chi connectivity index (χ0v) is 18.7. The van der Waals surface area contributed by atoms with Crippen molar-refractivity contribution in [2.45, 2.75) is 18.0 Å². The fraction of sp³-hybridized carbons (Fsp3) is 0.381. The van der Waals surface area contributed by atoms with E-state index in [9.17, 15) is 8.42 Å². The molecule has 9 nitrogen and oxygen atoms in total. The topological polar surface area (TPSA) is 101 Å². The van der Waals surface area contributed by atoms with E-state index in [1.54, 1.807) is 25.2 Å². The number of fused-ring (bicyclic) bond motifs is 1. The van der Waals surface area contributed by atoms with E-state index in [0.717, 1.165) is 22.6 Å². The van der Waals surface area contributed by atoms with E-state index in [-0.39, 0.29) is 18.2 Å². The van der Waals surface area contributed by atoms with Crippen LogP contribution in [-0.4, -0.2) is 60.4 Å². The van der Waals surface area contributed by atoms with E-state index in [0.29, 0.717) is 25.7 Å². The molecule has 1 aliphatic heterocycles. The van der Waals surface area contributed by atoms with Gasteiger partial charge in [-0.25, -0.2) is 13.1 Å². The first-order valence-corrected chi connectivity index (χ1v) is 11.3. The quantitative estimate of drug-likeness (QED) is 0.341. The van der Waals surface area contributed by atoms with Crippen LogP contribution in [0.2, 0.25) is 0 Å². The van der Waals surface area contributed by atoms with E-state index in [1.807, 2.05) is 36.2 Å². The molecule has 1 heterocycles. The predicted octanol–water partition coefficient (Wildman–Crippen LogP) is 1.55. The van der Waals surface area contributed by atoms with Crippen LogP contribution >= 0.6 is 0 Å². The van der Waals surface area contributed by atoms with Crippen LogP contribution in [0.25, 0.3) is 0 Å². The molecule has 0 atom stereocenters. The number of nitrogens with zero attached hydrogens (tertiary/aromatic N) is 2. The van der Waals surface area contributed by atoms with Crippen LogP contribution in [0.5, 0.6) is 11.5 Å². The van der Waals surface area contributed by atoms with Gasteiger partial charge >= 0.3 is 0 Å². The minimum absolute atomic E-state index is 0.214. The third-order valence-corrected chi connectivity index (χ3v) is 6.15. The SMILES string of the molecule is CN=C(NCc1cccc(S(=O)(=O)NCCOC)c1)N(C)Cc1ccc2c(c1)OCO2. The molecule has 2 aromatic rings. The highest BCUT2D eigenvalue weighted by molar-refractivity contribution is 7.89. The first-order chi connectivity index (χ1) is 14.9. The molecule has 0 fully saturated rings. The minimum Gasteiger partial charge on any atom is -0.454 e. The molecule has 3 rings (SSSR count). The van der Waals surface area contributed by atoms with Crippen molar-refractivity contribution in [1.82, 2.24) is 14.9 Å². The lowest BCUT2D eigenvalue weighted by Crippen LogP contribution is -2.38. The van der Waals surface area contributed by atoms with Gasteiger partial charge < -0.3 is 24.4 Å². The molecule has 0 radical (unpaired) electrons. The largest absolute Gasteiger partial charge is 0.454 e. The second-order valence-electron chi connectivity index (χ2n) is 6.98. The Kier molecular flexibility index (Phi) is 7.72. The normalized spacial score (nSPS) is 13.3. The van der Waals surface area contributed by atoms with Crippen molar-refractivity contribution in [2.75, 3.05) is 41.1 Å². The summed E-state index contributed by atoms with van der Waals surface area (Å²) < 4.78 is 43.0. The van der Waals surface area contributed by atoms with Gasteiger partial charge in [0, 0.05) is 40.8 Å². The van der Waals surface area contributed by atoms with Gasteiger partial charge in [-0.2, -0.15) is 0 Å². The number of ether oxygens (including phenoxy) is 3. The maximum Gasteiger partial charge on any atom is 0.240 e. The summed E-state index contributed by atoms with van der Waals surface area (Å²) in [5, 5.41) is 3.27.